The molecule has 3 aromatic carbocycles. The van der Waals surface area contributed by atoms with Crippen LogP contribution in [0.5, 0.6) is 0 Å². The average Bonchev–Trinajstić information content (AvgIpc) is 3.01. The number of fused-ring (bicyclic) bond motifs is 1. The monoisotopic (exact) mass is 295 g/mol. The molecule has 0 fully saturated rings. The molecule has 4 rings (SSSR count). The fraction of sp³-hybridized carbons (Fsp3) is 0. The molecule has 0 spiro atoms. The summed E-state index contributed by atoms with van der Waals surface area (Å²) in [4.78, 5) is 3.61. The first-order chi connectivity index (χ1) is 11.4. The van der Waals surface area contributed by atoms with Gasteiger partial charge in [-0.25, -0.2) is 0 Å². The Morgan fingerprint density at radius 3 is 2.04 bits per heavy atom. The highest BCUT2D eigenvalue weighted by Crippen LogP contribution is 2.38. The van der Waals surface area contributed by atoms with Crippen molar-refractivity contribution in [2.75, 3.05) is 0 Å². The van der Waals surface area contributed by atoms with Crippen LogP contribution in [0.15, 0.2) is 85.4 Å². The number of aromatic amines is 1. The summed E-state index contributed by atoms with van der Waals surface area (Å²) in [6.07, 6.45) is 1.88. The summed E-state index contributed by atoms with van der Waals surface area (Å²) in [5.41, 5.74) is 7.10. The molecule has 0 unspecified atom stereocenters. The molecule has 0 radical (unpaired) electrons. The zero-order chi connectivity index (χ0) is 15.6. The standard InChI is InChI=1S/C22H17N/c1-2-16-13-14-19-20(15-16)23-22(18-11-7-4-8-12-18)21(19)17-9-5-3-6-10-17/h2-15,23H,1H2. The molecule has 1 nitrogen and oxygen atoms in total. The fourth-order valence-electron chi connectivity index (χ4n) is 3.07. The number of rotatable bonds is 3. The predicted molar refractivity (Wildman–Crippen MR) is 99.3 cm³/mol. The van der Waals surface area contributed by atoms with E-state index in [0.29, 0.717) is 0 Å². The highest BCUT2D eigenvalue weighted by molar-refractivity contribution is 6.04. The third-order valence-corrected chi connectivity index (χ3v) is 4.18. The molecule has 4 aromatic rings. The zero-order valence-corrected chi connectivity index (χ0v) is 12.8. The number of hydrogen-bond acceptors (Lipinski definition) is 0. The first-order valence-electron chi connectivity index (χ1n) is 7.76. The SMILES string of the molecule is C=Cc1ccc2c(-c3ccccc3)c(-c3ccccc3)[nH]c2c1. The van der Waals surface area contributed by atoms with Crippen molar-refractivity contribution in [3.05, 3.63) is 91.0 Å². The molecule has 0 amide bonds. The van der Waals surface area contributed by atoms with Gasteiger partial charge in [0.25, 0.3) is 0 Å². The van der Waals surface area contributed by atoms with Gasteiger partial charge in [-0.1, -0.05) is 85.5 Å². The van der Waals surface area contributed by atoms with Crippen molar-refractivity contribution in [3.63, 3.8) is 0 Å². The van der Waals surface area contributed by atoms with Crippen molar-refractivity contribution in [1.82, 2.24) is 4.98 Å². The highest BCUT2D eigenvalue weighted by Gasteiger charge is 2.14. The lowest BCUT2D eigenvalue weighted by atomic mass is 9.98. The summed E-state index contributed by atoms with van der Waals surface area (Å²) in [7, 11) is 0. The smallest absolute Gasteiger partial charge is 0.0544 e. The van der Waals surface area contributed by atoms with Gasteiger partial charge in [-0.2, -0.15) is 0 Å². The number of H-pyrrole nitrogens is 1. The van der Waals surface area contributed by atoms with Gasteiger partial charge in [-0.05, 0) is 22.8 Å². The van der Waals surface area contributed by atoms with Crippen molar-refractivity contribution in [1.29, 1.82) is 0 Å². The second kappa shape index (κ2) is 5.62. The van der Waals surface area contributed by atoms with E-state index in [1.54, 1.807) is 0 Å². The summed E-state index contributed by atoms with van der Waals surface area (Å²) in [6, 6.07) is 27.5. The Kier molecular flexibility index (Phi) is 3.32. The summed E-state index contributed by atoms with van der Waals surface area (Å²) in [6.45, 7) is 3.87. The van der Waals surface area contributed by atoms with E-state index in [2.05, 4.69) is 84.4 Å². The van der Waals surface area contributed by atoms with Gasteiger partial charge in [0.2, 0.25) is 0 Å². The van der Waals surface area contributed by atoms with E-state index >= 15 is 0 Å². The van der Waals surface area contributed by atoms with Gasteiger partial charge in [-0.15, -0.1) is 0 Å². The quantitative estimate of drug-likeness (QED) is 0.467. The van der Waals surface area contributed by atoms with Gasteiger partial charge in [0.15, 0.2) is 0 Å². The number of hydrogen-bond donors (Lipinski definition) is 1. The minimum Gasteiger partial charge on any atom is -0.354 e. The van der Waals surface area contributed by atoms with Gasteiger partial charge in [0.1, 0.15) is 0 Å². The topological polar surface area (TPSA) is 15.8 Å². The summed E-state index contributed by atoms with van der Waals surface area (Å²) < 4.78 is 0. The molecule has 1 heterocycles. The van der Waals surface area contributed by atoms with E-state index < -0.39 is 0 Å². The zero-order valence-electron chi connectivity index (χ0n) is 12.8. The average molecular weight is 295 g/mol. The van der Waals surface area contributed by atoms with E-state index in [4.69, 9.17) is 0 Å². The van der Waals surface area contributed by atoms with Crippen LogP contribution in [0.4, 0.5) is 0 Å². The van der Waals surface area contributed by atoms with Crippen LogP contribution >= 0.6 is 0 Å². The molecular formula is C22H17N. The molecule has 1 aromatic heterocycles. The van der Waals surface area contributed by atoms with Crippen LogP contribution in [0, 0.1) is 0 Å². The molecule has 1 N–H and O–H groups in total. The third-order valence-electron chi connectivity index (χ3n) is 4.18. The van der Waals surface area contributed by atoms with Crippen LogP contribution < -0.4 is 0 Å². The molecule has 0 bridgehead atoms. The largest absolute Gasteiger partial charge is 0.354 e. The summed E-state index contributed by atoms with van der Waals surface area (Å²) in [5.74, 6) is 0. The Morgan fingerprint density at radius 2 is 1.39 bits per heavy atom. The van der Waals surface area contributed by atoms with E-state index in [9.17, 15) is 0 Å². The van der Waals surface area contributed by atoms with Crippen molar-refractivity contribution in [3.8, 4) is 22.4 Å². The number of aromatic nitrogens is 1. The Morgan fingerprint density at radius 1 is 0.739 bits per heavy atom. The van der Waals surface area contributed by atoms with E-state index in [1.165, 1.54) is 22.1 Å². The fourth-order valence-corrected chi connectivity index (χ4v) is 3.07. The van der Waals surface area contributed by atoms with Crippen molar-refractivity contribution in [2.45, 2.75) is 0 Å². The molecule has 0 aliphatic heterocycles. The minimum absolute atomic E-state index is 1.12. The van der Waals surface area contributed by atoms with E-state index in [1.807, 2.05) is 12.1 Å². The van der Waals surface area contributed by atoms with Gasteiger partial charge >= 0.3 is 0 Å². The molecule has 0 aliphatic carbocycles. The van der Waals surface area contributed by atoms with Crippen molar-refractivity contribution < 1.29 is 0 Å². The lowest BCUT2D eigenvalue weighted by Gasteiger charge is -2.05. The summed E-state index contributed by atoms with van der Waals surface area (Å²) in [5, 5.41) is 1.24. The van der Waals surface area contributed by atoms with Crippen LogP contribution in [-0.2, 0) is 0 Å². The van der Waals surface area contributed by atoms with Crippen LogP contribution in [0.1, 0.15) is 5.56 Å². The first-order valence-corrected chi connectivity index (χ1v) is 7.76. The third kappa shape index (κ3) is 2.36. The normalized spacial score (nSPS) is 10.8. The van der Waals surface area contributed by atoms with Crippen LogP contribution in [0.3, 0.4) is 0 Å². The molecule has 1 heteroatoms. The minimum atomic E-state index is 1.12. The Bertz CT molecular complexity index is 963. The van der Waals surface area contributed by atoms with Crippen LogP contribution in [-0.4, -0.2) is 4.98 Å². The Hall–Kier alpha value is -3.06. The molecule has 0 atom stereocenters. The van der Waals surface area contributed by atoms with E-state index in [-0.39, 0.29) is 0 Å². The summed E-state index contributed by atoms with van der Waals surface area (Å²) >= 11 is 0. The van der Waals surface area contributed by atoms with Crippen molar-refractivity contribution in [2.24, 2.45) is 0 Å². The Labute approximate surface area is 135 Å². The second-order valence-electron chi connectivity index (χ2n) is 5.62. The highest BCUT2D eigenvalue weighted by atomic mass is 14.7. The molecule has 0 aliphatic rings. The maximum atomic E-state index is 3.87. The molecule has 110 valence electrons. The van der Waals surface area contributed by atoms with Gasteiger partial charge < -0.3 is 4.98 Å². The van der Waals surface area contributed by atoms with Gasteiger partial charge in [0.05, 0.1) is 5.69 Å². The van der Waals surface area contributed by atoms with Crippen molar-refractivity contribution >= 4 is 17.0 Å². The van der Waals surface area contributed by atoms with Gasteiger partial charge in [-0.3, -0.25) is 0 Å². The molecule has 0 saturated heterocycles. The lowest BCUT2D eigenvalue weighted by Crippen LogP contribution is -1.82. The maximum Gasteiger partial charge on any atom is 0.0544 e. The van der Waals surface area contributed by atoms with Crippen LogP contribution in [0.2, 0.25) is 0 Å². The molecule has 0 saturated carbocycles. The van der Waals surface area contributed by atoms with Gasteiger partial charge in [0, 0.05) is 16.5 Å². The molecule has 23 heavy (non-hydrogen) atoms. The second-order valence-corrected chi connectivity index (χ2v) is 5.62. The molecular weight excluding hydrogens is 278 g/mol. The first kappa shape index (κ1) is 13.6. The van der Waals surface area contributed by atoms with Crippen LogP contribution in [0.25, 0.3) is 39.4 Å². The number of benzene rings is 3. The Balaban J connectivity index is 2.06. The number of nitrogens with one attached hydrogen (secondary N) is 1. The maximum absolute atomic E-state index is 3.87. The van der Waals surface area contributed by atoms with E-state index in [0.717, 1.165) is 16.8 Å². The lowest BCUT2D eigenvalue weighted by molar-refractivity contribution is 1.45. The predicted octanol–water partition coefficient (Wildman–Crippen LogP) is 6.14.